The SMILES string of the molecule is Cc1c(Br)cccc1C(=O)Nc1cccc(C(=O)O)c1O. The van der Waals surface area contributed by atoms with E-state index in [1.54, 1.807) is 19.1 Å². The summed E-state index contributed by atoms with van der Waals surface area (Å²) in [6.07, 6.45) is 0. The summed E-state index contributed by atoms with van der Waals surface area (Å²) >= 11 is 3.34. The standard InChI is InChI=1S/C15H12BrNO4/c1-8-9(4-2-6-11(8)16)14(19)17-12-7-3-5-10(13(12)18)15(20)21/h2-7,18H,1H3,(H,17,19)(H,20,21). The van der Waals surface area contributed by atoms with Crippen molar-refractivity contribution in [2.45, 2.75) is 6.92 Å². The Morgan fingerprint density at radius 2 is 1.71 bits per heavy atom. The first-order chi connectivity index (χ1) is 9.91. The first kappa shape index (κ1) is 15.1. The molecule has 2 rings (SSSR count). The fraction of sp³-hybridized carbons (Fsp3) is 0.0667. The van der Waals surface area contributed by atoms with Crippen LogP contribution in [0.4, 0.5) is 5.69 Å². The van der Waals surface area contributed by atoms with Gasteiger partial charge in [-0.05, 0) is 36.8 Å². The second-order valence-electron chi connectivity index (χ2n) is 4.37. The molecule has 0 unspecified atom stereocenters. The predicted octanol–water partition coefficient (Wildman–Crippen LogP) is 3.41. The normalized spacial score (nSPS) is 10.2. The molecule has 0 fully saturated rings. The molecule has 0 aromatic heterocycles. The molecule has 0 bridgehead atoms. The molecule has 0 saturated heterocycles. The van der Waals surface area contributed by atoms with Crippen molar-refractivity contribution in [2.24, 2.45) is 0 Å². The summed E-state index contributed by atoms with van der Waals surface area (Å²) in [5, 5.41) is 21.3. The highest BCUT2D eigenvalue weighted by molar-refractivity contribution is 9.10. The molecule has 0 aliphatic carbocycles. The minimum Gasteiger partial charge on any atom is -0.505 e. The zero-order chi connectivity index (χ0) is 15.6. The van der Waals surface area contributed by atoms with E-state index < -0.39 is 17.6 Å². The fourth-order valence-electron chi connectivity index (χ4n) is 1.86. The molecular weight excluding hydrogens is 338 g/mol. The van der Waals surface area contributed by atoms with Crippen LogP contribution in [-0.4, -0.2) is 22.1 Å². The number of phenols is 1. The molecule has 0 saturated carbocycles. The number of rotatable bonds is 3. The van der Waals surface area contributed by atoms with E-state index in [-0.39, 0.29) is 11.3 Å². The molecule has 0 aliphatic rings. The van der Waals surface area contributed by atoms with Gasteiger partial charge < -0.3 is 15.5 Å². The van der Waals surface area contributed by atoms with E-state index in [0.717, 1.165) is 10.0 Å². The van der Waals surface area contributed by atoms with Crippen LogP contribution in [0.1, 0.15) is 26.3 Å². The molecule has 0 aliphatic heterocycles. The smallest absolute Gasteiger partial charge is 0.339 e. The minimum atomic E-state index is -1.26. The number of hydrogen-bond donors (Lipinski definition) is 3. The molecule has 0 heterocycles. The third-order valence-electron chi connectivity index (χ3n) is 3.03. The maximum Gasteiger partial charge on any atom is 0.339 e. The number of nitrogens with one attached hydrogen (secondary N) is 1. The van der Waals surface area contributed by atoms with Gasteiger partial charge in [-0.25, -0.2) is 4.79 Å². The Hall–Kier alpha value is -2.34. The molecule has 6 heteroatoms. The monoisotopic (exact) mass is 349 g/mol. The summed E-state index contributed by atoms with van der Waals surface area (Å²) in [6, 6.07) is 9.33. The highest BCUT2D eigenvalue weighted by Crippen LogP contribution is 2.28. The number of para-hydroxylation sites is 1. The Bertz CT molecular complexity index is 728. The topological polar surface area (TPSA) is 86.6 Å². The van der Waals surface area contributed by atoms with Gasteiger partial charge in [-0.2, -0.15) is 0 Å². The number of carboxylic acids is 1. The first-order valence-corrected chi connectivity index (χ1v) is 6.83. The fourth-order valence-corrected chi connectivity index (χ4v) is 2.23. The molecule has 3 N–H and O–H groups in total. The van der Waals surface area contributed by atoms with Crippen LogP contribution >= 0.6 is 15.9 Å². The van der Waals surface area contributed by atoms with Gasteiger partial charge in [0.05, 0.1) is 5.69 Å². The van der Waals surface area contributed by atoms with Crippen molar-refractivity contribution in [3.05, 3.63) is 57.6 Å². The Morgan fingerprint density at radius 1 is 1.10 bits per heavy atom. The highest BCUT2D eigenvalue weighted by Gasteiger charge is 2.16. The molecule has 0 atom stereocenters. The van der Waals surface area contributed by atoms with Crippen LogP contribution in [-0.2, 0) is 0 Å². The Labute approximate surface area is 129 Å². The van der Waals surface area contributed by atoms with E-state index in [1.165, 1.54) is 18.2 Å². The lowest BCUT2D eigenvalue weighted by molar-refractivity contribution is 0.0693. The number of aromatic carboxylic acids is 1. The van der Waals surface area contributed by atoms with Gasteiger partial charge in [0.2, 0.25) is 0 Å². The molecule has 2 aromatic carbocycles. The Morgan fingerprint density at radius 3 is 2.38 bits per heavy atom. The summed E-state index contributed by atoms with van der Waals surface area (Å²) in [4.78, 5) is 23.2. The number of aromatic hydroxyl groups is 1. The lowest BCUT2D eigenvalue weighted by Gasteiger charge is -2.11. The third kappa shape index (κ3) is 3.05. The Kier molecular flexibility index (Phi) is 4.28. The van der Waals surface area contributed by atoms with Gasteiger partial charge >= 0.3 is 5.97 Å². The third-order valence-corrected chi connectivity index (χ3v) is 3.89. The van der Waals surface area contributed by atoms with Gasteiger partial charge in [-0.1, -0.05) is 28.1 Å². The predicted molar refractivity (Wildman–Crippen MR) is 81.9 cm³/mol. The molecule has 0 radical (unpaired) electrons. The molecule has 108 valence electrons. The molecule has 5 nitrogen and oxygen atoms in total. The van der Waals surface area contributed by atoms with Crippen molar-refractivity contribution in [1.29, 1.82) is 0 Å². The maximum atomic E-state index is 12.2. The molecule has 0 spiro atoms. The summed E-state index contributed by atoms with van der Waals surface area (Å²) in [5.74, 6) is -2.15. The van der Waals surface area contributed by atoms with Crippen molar-refractivity contribution < 1.29 is 19.8 Å². The van der Waals surface area contributed by atoms with Crippen molar-refractivity contribution >= 4 is 33.5 Å². The van der Waals surface area contributed by atoms with E-state index >= 15 is 0 Å². The van der Waals surface area contributed by atoms with Gasteiger partial charge in [0.25, 0.3) is 5.91 Å². The first-order valence-electron chi connectivity index (χ1n) is 6.03. The average Bonchev–Trinajstić information content (AvgIpc) is 2.43. The lowest BCUT2D eigenvalue weighted by Crippen LogP contribution is -2.14. The lowest BCUT2D eigenvalue weighted by atomic mass is 10.1. The molecule has 2 aromatic rings. The van der Waals surface area contributed by atoms with Crippen molar-refractivity contribution in [2.75, 3.05) is 5.32 Å². The van der Waals surface area contributed by atoms with Crippen molar-refractivity contribution in [3.8, 4) is 5.75 Å². The summed E-state index contributed by atoms with van der Waals surface area (Å²) in [6.45, 7) is 1.78. The highest BCUT2D eigenvalue weighted by atomic mass is 79.9. The molecule has 21 heavy (non-hydrogen) atoms. The van der Waals surface area contributed by atoms with Crippen LogP contribution in [0.15, 0.2) is 40.9 Å². The summed E-state index contributed by atoms with van der Waals surface area (Å²) < 4.78 is 0.790. The van der Waals surface area contributed by atoms with E-state index in [4.69, 9.17) is 5.11 Å². The van der Waals surface area contributed by atoms with Gasteiger partial charge in [0.1, 0.15) is 5.56 Å². The second-order valence-corrected chi connectivity index (χ2v) is 5.23. The maximum absolute atomic E-state index is 12.2. The number of amides is 1. The summed E-state index contributed by atoms with van der Waals surface area (Å²) in [7, 11) is 0. The quantitative estimate of drug-likeness (QED) is 0.741. The zero-order valence-corrected chi connectivity index (χ0v) is 12.6. The molecular formula is C15H12BrNO4. The van der Waals surface area contributed by atoms with Crippen LogP contribution in [0.25, 0.3) is 0 Å². The van der Waals surface area contributed by atoms with Gasteiger partial charge in [0.15, 0.2) is 5.75 Å². The number of carbonyl (C=O) groups is 2. The number of benzene rings is 2. The average molecular weight is 350 g/mol. The number of halogens is 1. The van der Waals surface area contributed by atoms with Crippen molar-refractivity contribution in [1.82, 2.24) is 0 Å². The van der Waals surface area contributed by atoms with E-state index in [2.05, 4.69) is 21.2 Å². The van der Waals surface area contributed by atoms with Crippen LogP contribution in [0.3, 0.4) is 0 Å². The number of anilines is 1. The van der Waals surface area contributed by atoms with E-state index in [0.29, 0.717) is 5.56 Å². The van der Waals surface area contributed by atoms with Crippen LogP contribution < -0.4 is 5.32 Å². The summed E-state index contributed by atoms with van der Waals surface area (Å²) in [5.41, 5.74) is 0.978. The van der Waals surface area contributed by atoms with Crippen LogP contribution in [0.2, 0.25) is 0 Å². The number of hydrogen-bond acceptors (Lipinski definition) is 3. The van der Waals surface area contributed by atoms with E-state index in [1.807, 2.05) is 6.07 Å². The van der Waals surface area contributed by atoms with Crippen molar-refractivity contribution in [3.63, 3.8) is 0 Å². The van der Waals surface area contributed by atoms with Crippen LogP contribution in [0.5, 0.6) is 5.75 Å². The van der Waals surface area contributed by atoms with Gasteiger partial charge in [0, 0.05) is 10.0 Å². The van der Waals surface area contributed by atoms with Gasteiger partial charge in [-0.3, -0.25) is 4.79 Å². The van der Waals surface area contributed by atoms with Crippen LogP contribution in [0, 0.1) is 6.92 Å². The number of carboxylic acid groups (broad SMARTS) is 1. The molecule has 1 amide bonds. The second kappa shape index (κ2) is 5.97. The number of carbonyl (C=O) groups excluding carboxylic acids is 1. The van der Waals surface area contributed by atoms with Gasteiger partial charge in [-0.15, -0.1) is 0 Å². The largest absolute Gasteiger partial charge is 0.505 e. The zero-order valence-electron chi connectivity index (χ0n) is 11.1. The Balaban J connectivity index is 2.34. The minimum absolute atomic E-state index is 0.0549. The van der Waals surface area contributed by atoms with E-state index in [9.17, 15) is 14.7 Å².